The summed E-state index contributed by atoms with van der Waals surface area (Å²) in [5.41, 5.74) is 2.72. The molecule has 32 heavy (non-hydrogen) atoms. The fourth-order valence-electron chi connectivity index (χ4n) is 3.18. The summed E-state index contributed by atoms with van der Waals surface area (Å²) in [5, 5.41) is 3.02. The van der Waals surface area contributed by atoms with Gasteiger partial charge in [-0.3, -0.25) is 9.69 Å². The van der Waals surface area contributed by atoms with Crippen LogP contribution < -0.4 is 10.1 Å². The van der Waals surface area contributed by atoms with E-state index in [-0.39, 0.29) is 18.1 Å². The first-order chi connectivity index (χ1) is 15.4. The molecule has 0 atom stereocenters. The van der Waals surface area contributed by atoms with E-state index in [1.807, 2.05) is 54.6 Å². The van der Waals surface area contributed by atoms with Gasteiger partial charge in [-0.05, 0) is 63.0 Å². The Morgan fingerprint density at radius 1 is 0.969 bits per heavy atom. The molecule has 0 spiro atoms. The molecular formula is C24H17Br2ClN2O3. The van der Waals surface area contributed by atoms with Crippen LogP contribution in [0.25, 0.3) is 6.08 Å². The van der Waals surface area contributed by atoms with Crippen LogP contribution in [0.2, 0.25) is 5.02 Å². The molecular weight excluding hydrogens is 560 g/mol. The maximum atomic E-state index is 12.7. The number of carbonyl (C=O) groups is 2. The van der Waals surface area contributed by atoms with E-state index in [0.717, 1.165) is 15.6 Å². The summed E-state index contributed by atoms with van der Waals surface area (Å²) in [4.78, 5) is 26.2. The highest BCUT2D eigenvalue weighted by Gasteiger charge is 2.33. The van der Waals surface area contributed by atoms with E-state index in [2.05, 4.69) is 37.2 Å². The number of halogens is 3. The minimum atomic E-state index is -0.454. The largest absolute Gasteiger partial charge is 0.486 e. The molecule has 1 aliphatic heterocycles. The first kappa shape index (κ1) is 22.6. The number of hydrogen-bond acceptors (Lipinski definition) is 3. The van der Waals surface area contributed by atoms with Crippen molar-refractivity contribution in [1.29, 1.82) is 0 Å². The molecule has 5 nitrogen and oxygen atoms in total. The van der Waals surface area contributed by atoms with Crippen molar-refractivity contribution in [3.05, 3.63) is 103 Å². The quantitative estimate of drug-likeness (QED) is 0.268. The molecule has 3 aromatic rings. The van der Waals surface area contributed by atoms with Crippen molar-refractivity contribution in [2.24, 2.45) is 0 Å². The second kappa shape index (κ2) is 9.90. The molecule has 0 aromatic heterocycles. The highest BCUT2D eigenvalue weighted by molar-refractivity contribution is 9.10. The highest BCUT2D eigenvalue weighted by atomic mass is 79.9. The summed E-state index contributed by atoms with van der Waals surface area (Å²) in [6.07, 6.45) is 1.60. The van der Waals surface area contributed by atoms with Gasteiger partial charge < -0.3 is 10.1 Å². The van der Waals surface area contributed by atoms with Crippen molar-refractivity contribution in [1.82, 2.24) is 10.2 Å². The van der Waals surface area contributed by atoms with Gasteiger partial charge in [0.15, 0.2) is 5.75 Å². The molecule has 1 saturated heterocycles. The Morgan fingerprint density at radius 3 is 2.38 bits per heavy atom. The number of benzene rings is 3. The number of nitrogens with one attached hydrogen (secondary N) is 1. The lowest BCUT2D eigenvalue weighted by atomic mass is 10.1. The van der Waals surface area contributed by atoms with Gasteiger partial charge in [-0.15, -0.1) is 0 Å². The molecule has 3 aromatic carbocycles. The molecule has 1 fully saturated rings. The Hall–Kier alpha value is -2.61. The molecule has 0 saturated carbocycles. The maximum absolute atomic E-state index is 12.7. The maximum Gasteiger partial charge on any atom is 0.329 e. The van der Waals surface area contributed by atoms with E-state index in [1.165, 1.54) is 4.90 Å². The number of carbonyl (C=O) groups excluding carboxylic acids is 2. The zero-order valence-corrected chi connectivity index (χ0v) is 20.6. The normalized spacial score (nSPS) is 14.7. The third-order valence-corrected chi connectivity index (χ3v) is 6.17. The fourth-order valence-corrected chi connectivity index (χ4v) is 4.44. The number of rotatable bonds is 6. The minimum Gasteiger partial charge on any atom is -0.486 e. The van der Waals surface area contributed by atoms with Crippen LogP contribution in [-0.4, -0.2) is 16.8 Å². The van der Waals surface area contributed by atoms with E-state index in [9.17, 15) is 9.59 Å². The van der Waals surface area contributed by atoms with E-state index >= 15 is 0 Å². The molecule has 1 aliphatic rings. The SMILES string of the molecule is O=C1N/C(=C/c2cc(Cl)c(OCc3ccc(Br)cc3)c(Br)c2)C(=O)N1Cc1ccccc1. The number of nitrogens with zero attached hydrogens (tertiary/aromatic N) is 1. The van der Waals surface area contributed by atoms with Crippen LogP contribution in [0.3, 0.4) is 0 Å². The summed E-state index contributed by atoms with van der Waals surface area (Å²) >= 11 is 13.3. The number of ether oxygens (including phenoxy) is 1. The van der Waals surface area contributed by atoms with E-state index < -0.39 is 6.03 Å². The number of amides is 3. The predicted octanol–water partition coefficient (Wildman–Crippen LogP) is 6.54. The van der Waals surface area contributed by atoms with Crippen molar-refractivity contribution in [3.63, 3.8) is 0 Å². The average molecular weight is 577 g/mol. The second-order valence-corrected chi connectivity index (χ2v) is 9.27. The van der Waals surface area contributed by atoms with Crippen molar-refractivity contribution < 1.29 is 14.3 Å². The monoisotopic (exact) mass is 574 g/mol. The smallest absolute Gasteiger partial charge is 0.329 e. The molecule has 4 rings (SSSR count). The lowest BCUT2D eigenvalue weighted by Crippen LogP contribution is -2.30. The van der Waals surface area contributed by atoms with Crippen molar-refractivity contribution >= 4 is 61.5 Å². The third kappa shape index (κ3) is 5.23. The topological polar surface area (TPSA) is 58.6 Å². The molecule has 8 heteroatoms. The first-order valence-corrected chi connectivity index (χ1v) is 11.6. The lowest BCUT2D eigenvalue weighted by Gasteiger charge is -2.12. The lowest BCUT2D eigenvalue weighted by molar-refractivity contribution is -0.123. The molecule has 0 radical (unpaired) electrons. The third-order valence-electron chi connectivity index (χ3n) is 4.77. The van der Waals surface area contributed by atoms with Gasteiger partial charge in [-0.1, -0.05) is 70.0 Å². The Labute approximate surface area is 207 Å². The number of urea groups is 1. The predicted molar refractivity (Wildman–Crippen MR) is 131 cm³/mol. The fraction of sp³-hybridized carbons (Fsp3) is 0.0833. The summed E-state index contributed by atoms with van der Waals surface area (Å²) in [7, 11) is 0. The Bertz CT molecular complexity index is 1170. The molecule has 0 aliphatic carbocycles. The van der Waals surface area contributed by atoms with Crippen LogP contribution in [0.4, 0.5) is 4.79 Å². The summed E-state index contributed by atoms with van der Waals surface area (Å²) in [5.74, 6) is 0.117. The molecule has 0 unspecified atom stereocenters. The van der Waals surface area contributed by atoms with Gasteiger partial charge in [0.05, 0.1) is 16.0 Å². The number of imide groups is 1. The van der Waals surface area contributed by atoms with Gasteiger partial charge in [0.2, 0.25) is 0 Å². The molecule has 1 heterocycles. The Kier molecular flexibility index (Phi) is 6.98. The standard InChI is InChI=1S/C24H17Br2ClN2O3/c25-18-8-6-16(7-9-18)14-32-22-19(26)10-17(11-20(22)27)12-21-23(30)29(24(31)28-21)13-15-4-2-1-3-5-15/h1-12H,13-14H2,(H,28,31)/b21-12+. The van der Waals surface area contributed by atoms with Crippen LogP contribution in [0, 0.1) is 0 Å². The van der Waals surface area contributed by atoms with E-state index in [0.29, 0.717) is 27.4 Å². The van der Waals surface area contributed by atoms with Gasteiger partial charge in [0, 0.05) is 4.47 Å². The van der Waals surface area contributed by atoms with Gasteiger partial charge in [0.1, 0.15) is 12.3 Å². The zero-order valence-electron chi connectivity index (χ0n) is 16.6. The minimum absolute atomic E-state index is 0.192. The summed E-state index contributed by atoms with van der Waals surface area (Å²) in [6, 6.07) is 20.2. The van der Waals surface area contributed by atoms with Crippen LogP contribution >= 0.6 is 43.5 Å². The second-order valence-electron chi connectivity index (χ2n) is 7.09. The van der Waals surface area contributed by atoms with Crippen molar-refractivity contribution in [2.45, 2.75) is 13.2 Å². The van der Waals surface area contributed by atoms with Gasteiger partial charge in [-0.25, -0.2) is 4.79 Å². The van der Waals surface area contributed by atoms with Gasteiger partial charge in [0.25, 0.3) is 5.91 Å². The highest BCUT2D eigenvalue weighted by Crippen LogP contribution is 2.36. The van der Waals surface area contributed by atoms with Crippen LogP contribution in [-0.2, 0) is 17.9 Å². The summed E-state index contributed by atoms with van der Waals surface area (Å²) in [6.45, 7) is 0.561. The van der Waals surface area contributed by atoms with Crippen LogP contribution in [0.15, 0.2) is 81.4 Å². The number of hydrogen-bond donors (Lipinski definition) is 1. The van der Waals surface area contributed by atoms with Crippen molar-refractivity contribution in [2.75, 3.05) is 0 Å². The van der Waals surface area contributed by atoms with Gasteiger partial charge >= 0.3 is 6.03 Å². The van der Waals surface area contributed by atoms with Crippen molar-refractivity contribution in [3.8, 4) is 5.75 Å². The van der Waals surface area contributed by atoms with E-state index in [1.54, 1.807) is 18.2 Å². The molecule has 0 bridgehead atoms. The molecule has 162 valence electrons. The van der Waals surface area contributed by atoms with Crippen LogP contribution in [0.1, 0.15) is 16.7 Å². The summed E-state index contributed by atoms with van der Waals surface area (Å²) < 4.78 is 7.52. The van der Waals surface area contributed by atoms with Crippen LogP contribution in [0.5, 0.6) is 5.75 Å². The molecule has 1 N–H and O–H groups in total. The molecule has 3 amide bonds. The Morgan fingerprint density at radius 2 is 1.69 bits per heavy atom. The van der Waals surface area contributed by atoms with E-state index in [4.69, 9.17) is 16.3 Å². The Balaban J connectivity index is 1.49. The van der Waals surface area contributed by atoms with Gasteiger partial charge in [-0.2, -0.15) is 0 Å². The first-order valence-electron chi connectivity index (χ1n) is 9.65. The zero-order chi connectivity index (χ0) is 22.7. The average Bonchev–Trinajstić information content (AvgIpc) is 3.02.